The van der Waals surface area contributed by atoms with Crippen LogP contribution in [-0.2, 0) is 7.05 Å². The number of carboxylic acid groups (broad SMARTS) is 1. The number of hydrazone groups is 1. The quantitative estimate of drug-likeness (QED) is 0.660. The number of aromatic nitrogens is 2. The number of benzene rings is 1. The van der Waals surface area contributed by atoms with E-state index in [0.717, 1.165) is 22.6 Å². The van der Waals surface area contributed by atoms with Gasteiger partial charge in [-0.3, -0.25) is 10.1 Å². The molecule has 1 aromatic carbocycles. The Labute approximate surface area is 116 Å². The molecule has 0 atom stereocenters. The Bertz CT molecular complexity index is 657. The fraction of sp³-hybridized carbons (Fsp3) is 0.214. The van der Waals surface area contributed by atoms with Crippen LogP contribution in [0.5, 0.6) is 0 Å². The largest absolute Gasteiger partial charge is 0.478 e. The summed E-state index contributed by atoms with van der Waals surface area (Å²) in [5.41, 5.74) is 6.76. The van der Waals surface area contributed by atoms with Crippen molar-refractivity contribution in [2.24, 2.45) is 12.1 Å². The molecular formula is C14H16N4O2. The molecule has 1 heterocycles. The summed E-state index contributed by atoms with van der Waals surface area (Å²) in [6, 6.07) is 6.40. The number of nitrogens with zero attached hydrogens (tertiary/aromatic N) is 3. The predicted molar refractivity (Wildman–Crippen MR) is 77.3 cm³/mol. The van der Waals surface area contributed by atoms with E-state index in [0.29, 0.717) is 0 Å². The normalized spacial score (nSPS) is 10.9. The molecule has 2 rings (SSSR count). The third kappa shape index (κ3) is 2.85. The van der Waals surface area contributed by atoms with E-state index in [2.05, 4.69) is 15.6 Å². The molecule has 0 unspecified atom stereocenters. The van der Waals surface area contributed by atoms with Crippen molar-refractivity contribution in [3.63, 3.8) is 0 Å². The number of carbonyl (C=O) groups is 1. The summed E-state index contributed by atoms with van der Waals surface area (Å²) in [6.07, 6.45) is 1.71. The van der Waals surface area contributed by atoms with Crippen LogP contribution in [0, 0.1) is 13.8 Å². The number of carboxylic acids is 1. The highest BCUT2D eigenvalue weighted by atomic mass is 16.4. The van der Waals surface area contributed by atoms with Crippen molar-refractivity contribution >= 4 is 17.9 Å². The van der Waals surface area contributed by atoms with Crippen molar-refractivity contribution in [1.29, 1.82) is 0 Å². The Morgan fingerprint density at radius 3 is 2.50 bits per heavy atom. The zero-order valence-electron chi connectivity index (χ0n) is 11.6. The lowest BCUT2D eigenvalue weighted by molar-refractivity contribution is 0.0697. The molecule has 0 bridgehead atoms. The zero-order valence-corrected chi connectivity index (χ0v) is 11.6. The van der Waals surface area contributed by atoms with Gasteiger partial charge in [0.1, 0.15) is 0 Å². The Balaban J connectivity index is 2.08. The number of rotatable bonds is 4. The van der Waals surface area contributed by atoms with Crippen LogP contribution >= 0.6 is 0 Å². The summed E-state index contributed by atoms with van der Waals surface area (Å²) in [5, 5.41) is 17.2. The van der Waals surface area contributed by atoms with Crippen molar-refractivity contribution in [2.75, 3.05) is 5.43 Å². The van der Waals surface area contributed by atoms with Gasteiger partial charge in [0.05, 0.1) is 23.2 Å². The molecular weight excluding hydrogens is 256 g/mol. The van der Waals surface area contributed by atoms with Crippen LogP contribution in [0.15, 0.2) is 29.4 Å². The van der Waals surface area contributed by atoms with Gasteiger partial charge in [-0.15, -0.1) is 0 Å². The number of hydrogen-bond donors (Lipinski definition) is 2. The summed E-state index contributed by atoms with van der Waals surface area (Å²) >= 11 is 0. The van der Waals surface area contributed by atoms with E-state index in [1.165, 1.54) is 12.1 Å². The first-order valence-electron chi connectivity index (χ1n) is 6.11. The Morgan fingerprint density at radius 2 is 2.00 bits per heavy atom. The Morgan fingerprint density at radius 1 is 1.35 bits per heavy atom. The van der Waals surface area contributed by atoms with Gasteiger partial charge in [-0.1, -0.05) is 0 Å². The van der Waals surface area contributed by atoms with Crippen molar-refractivity contribution in [3.8, 4) is 0 Å². The lowest BCUT2D eigenvalue weighted by Gasteiger charge is -2.00. The molecule has 0 spiro atoms. The second-order valence-electron chi connectivity index (χ2n) is 4.46. The van der Waals surface area contributed by atoms with Crippen molar-refractivity contribution in [3.05, 3.63) is 46.8 Å². The molecule has 0 radical (unpaired) electrons. The summed E-state index contributed by atoms with van der Waals surface area (Å²) in [7, 11) is 1.89. The maximum Gasteiger partial charge on any atom is 0.335 e. The van der Waals surface area contributed by atoms with Gasteiger partial charge in [-0.2, -0.15) is 10.2 Å². The standard InChI is InChI=1S/C14H16N4O2/c1-9-13(10(2)18(3)17-9)8-15-16-12-6-4-11(5-7-12)14(19)20/h4-8,16H,1-3H3,(H,19,20)/b15-8-. The molecule has 1 aromatic heterocycles. The minimum Gasteiger partial charge on any atom is -0.478 e. The Kier molecular flexibility index (Phi) is 3.84. The van der Waals surface area contributed by atoms with Crippen LogP contribution in [0.25, 0.3) is 0 Å². The fourth-order valence-corrected chi connectivity index (χ4v) is 1.84. The third-order valence-corrected chi connectivity index (χ3v) is 3.08. The molecule has 0 aliphatic heterocycles. The highest BCUT2D eigenvalue weighted by Crippen LogP contribution is 2.11. The smallest absolute Gasteiger partial charge is 0.335 e. The third-order valence-electron chi connectivity index (χ3n) is 3.08. The fourth-order valence-electron chi connectivity index (χ4n) is 1.84. The number of anilines is 1. The topological polar surface area (TPSA) is 79.5 Å². The number of aromatic carboxylic acids is 1. The van der Waals surface area contributed by atoms with Crippen LogP contribution in [0.2, 0.25) is 0 Å². The maximum absolute atomic E-state index is 10.7. The second-order valence-corrected chi connectivity index (χ2v) is 4.46. The molecule has 0 fully saturated rings. The summed E-state index contributed by atoms with van der Waals surface area (Å²) in [5.74, 6) is -0.943. The number of nitrogens with one attached hydrogen (secondary N) is 1. The van der Waals surface area contributed by atoms with E-state index in [9.17, 15) is 4.79 Å². The van der Waals surface area contributed by atoms with Gasteiger partial charge >= 0.3 is 5.97 Å². The van der Waals surface area contributed by atoms with Gasteiger partial charge < -0.3 is 5.11 Å². The van der Waals surface area contributed by atoms with E-state index in [-0.39, 0.29) is 5.56 Å². The maximum atomic E-state index is 10.7. The molecule has 0 aliphatic rings. The van der Waals surface area contributed by atoms with Gasteiger partial charge in [0.15, 0.2) is 0 Å². The molecule has 0 amide bonds. The van der Waals surface area contributed by atoms with E-state index in [4.69, 9.17) is 5.11 Å². The Hall–Kier alpha value is -2.63. The van der Waals surface area contributed by atoms with Gasteiger partial charge in [0.2, 0.25) is 0 Å². The molecule has 6 nitrogen and oxygen atoms in total. The minimum absolute atomic E-state index is 0.249. The van der Waals surface area contributed by atoms with Crippen LogP contribution in [0.4, 0.5) is 5.69 Å². The first-order chi connectivity index (χ1) is 9.49. The van der Waals surface area contributed by atoms with Gasteiger partial charge in [0.25, 0.3) is 0 Å². The highest BCUT2D eigenvalue weighted by Gasteiger charge is 2.06. The van der Waals surface area contributed by atoms with E-state index in [1.807, 2.05) is 20.9 Å². The van der Waals surface area contributed by atoms with Crippen LogP contribution < -0.4 is 5.43 Å². The first-order valence-corrected chi connectivity index (χ1v) is 6.11. The molecule has 0 saturated carbocycles. The lowest BCUT2D eigenvalue weighted by atomic mass is 10.2. The monoisotopic (exact) mass is 272 g/mol. The van der Waals surface area contributed by atoms with Crippen LogP contribution in [-0.4, -0.2) is 27.1 Å². The zero-order chi connectivity index (χ0) is 14.7. The van der Waals surface area contributed by atoms with E-state index in [1.54, 1.807) is 23.0 Å². The average molecular weight is 272 g/mol. The van der Waals surface area contributed by atoms with Crippen molar-refractivity contribution in [1.82, 2.24) is 9.78 Å². The molecule has 0 saturated heterocycles. The van der Waals surface area contributed by atoms with Crippen LogP contribution in [0.3, 0.4) is 0 Å². The van der Waals surface area contributed by atoms with Crippen molar-refractivity contribution in [2.45, 2.75) is 13.8 Å². The van der Waals surface area contributed by atoms with Gasteiger partial charge in [-0.05, 0) is 38.1 Å². The number of aryl methyl sites for hydroxylation is 2. The molecule has 20 heavy (non-hydrogen) atoms. The molecule has 2 aromatic rings. The summed E-state index contributed by atoms with van der Waals surface area (Å²) < 4.78 is 1.80. The molecule has 2 N–H and O–H groups in total. The highest BCUT2D eigenvalue weighted by molar-refractivity contribution is 5.88. The predicted octanol–water partition coefficient (Wildman–Crippen LogP) is 2.18. The molecule has 6 heteroatoms. The van der Waals surface area contributed by atoms with E-state index < -0.39 is 5.97 Å². The van der Waals surface area contributed by atoms with Crippen LogP contribution in [0.1, 0.15) is 27.3 Å². The molecule has 104 valence electrons. The second kappa shape index (κ2) is 5.56. The summed E-state index contributed by atoms with van der Waals surface area (Å²) in [6.45, 7) is 3.90. The number of hydrogen-bond acceptors (Lipinski definition) is 4. The lowest BCUT2D eigenvalue weighted by Crippen LogP contribution is -1.97. The average Bonchev–Trinajstić information content (AvgIpc) is 2.65. The van der Waals surface area contributed by atoms with Crippen molar-refractivity contribution < 1.29 is 9.90 Å². The minimum atomic E-state index is -0.943. The van der Waals surface area contributed by atoms with Gasteiger partial charge in [-0.25, -0.2) is 4.79 Å². The SMILES string of the molecule is Cc1nn(C)c(C)c1/C=N\Nc1ccc(C(=O)O)cc1. The van der Waals surface area contributed by atoms with Gasteiger partial charge in [0, 0.05) is 18.3 Å². The summed E-state index contributed by atoms with van der Waals surface area (Å²) in [4.78, 5) is 10.7. The first kappa shape index (κ1) is 13.8. The van der Waals surface area contributed by atoms with E-state index >= 15 is 0 Å². The molecule has 0 aliphatic carbocycles.